The molecule has 0 amide bonds. The molecule has 1 heterocycles. The highest BCUT2D eigenvalue weighted by Gasteiger charge is 2.60. The average Bonchev–Trinajstić information content (AvgIpc) is 1.36. The van der Waals surface area contributed by atoms with Gasteiger partial charge in [-0.1, -0.05) is 303 Å². The van der Waals surface area contributed by atoms with Gasteiger partial charge in [-0.25, -0.2) is 0 Å². The zero-order chi connectivity index (χ0) is 74.0. The number of fused-ring (bicyclic) bond motifs is 18. The quantitative estimate of drug-likeness (QED) is 0.119. The highest BCUT2D eigenvalue weighted by Crippen LogP contribution is 2.67. The lowest BCUT2D eigenvalue weighted by Crippen LogP contribution is -2.45. The molecule has 0 unspecified atom stereocenters. The van der Waals surface area contributed by atoms with Crippen LogP contribution in [0.15, 0.2) is 303 Å². The molecular formula is C94H90B3ClO6. The summed E-state index contributed by atoms with van der Waals surface area (Å²) in [6.45, 7) is 21.1. The lowest BCUT2D eigenvalue weighted by Gasteiger charge is -2.50. The summed E-state index contributed by atoms with van der Waals surface area (Å²) >= 11 is 6.77. The maximum absolute atomic E-state index is 9.10. The number of halogens is 1. The molecule has 104 heavy (non-hydrogen) atoms. The zero-order valence-electron chi connectivity index (χ0n) is 61.6. The lowest BCUT2D eigenvalue weighted by atomic mass is 9.51. The Kier molecular flexibility index (Phi) is 19.3. The van der Waals surface area contributed by atoms with Gasteiger partial charge in [0.1, 0.15) is 0 Å². The minimum Gasteiger partial charge on any atom is -0.399 e. The normalized spacial score (nSPS) is 16.4. The summed E-state index contributed by atoms with van der Waals surface area (Å²) in [5.74, 6) is 0. The van der Waals surface area contributed by atoms with Gasteiger partial charge in [0.25, 0.3) is 0 Å². The highest BCUT2D eigenvalue weighted by molar-refractivity contribution is 6.75. The molecule has 1 saturated heterocycles. The minimum atomic E-state index is -1.01. The van der Waals surface area contributed by atoms with E-state index in [1.54, 1.807) is 55.4 Å². The number of hydrogen-bond acceptors (Lipinski definition) is 6. The van der Waals surface area contributed by atoms with Gasteiger partial charge in [-0.2, -0.15) is 0 Å². The molecule has 2 spiro atoms. The van der Waals surface area contributed by atoms with Crippen molar-refractivity contribution >= 4 is 39.7 Å². The highest BCUT2D eigenvalue weighted by atomic mass is 35.5. The Morgan fingerprint density at radius 2 is 0.490 bits per heavy atom. The molecule has 0 aromatic heterocycles. The van der Waals surface area contributed by atoms with Crippen molar-refractivity contribution in [2.24, 2.45) is 0 Å². The van der Waals surface area contributed by atoms with Crippen LogP contribution in [0.1, 0.15) is 172 Å². The fourth-order valence-corrected chi connectivity index (χ4v) is 16.5. The lowest BCUT2D eigenvalue weighted by molar-refractivity contribution is -0.107. The molecular weight excluding hydrogens is 1290 g/mol. The molecule has 17 rings (SSSR count). The predicted octanol–water partition coefficient (Wildman–Crippen LogP) is 18.7. The van der Waals surface area contributed by atoms with Crippen LogP contribution in [0.2, 0.25) is 5.02 Å². The molecule has 0 bridgehead atoms. The van der Waals surface area contributed by atoms with E-state index < -0.39 is 62.4 Å². The van der Waals surface area contributed by atoms with Crippen LogP contribution in [0.3, 0.4) is 0 Å². The second-order valence-corrected chi connectivity index (χ2v) is 31.5. The molecule has 0 saturated carbocycles. The molecule has 4 radical (unpaired) electrons. The molecule has 1 fully saturated rings. The number of rotatable bonds is 7. The van der Waals surface area contributed by atoms with Crippen LogP contribution in [-0.2, 0) is 31.0 Å². The van der Waals surface area contributed by atoms with Crippen molar-refractivity contribution in [2.75, 3.05) is 0 Å². The van der Waals surface area contributed by atoms with Crippen molar-refractivity contribution in [1.29, 1.82) is 0 Å². The van der Waals surface area contributed by atoms with Crippen LogP contribution < -0.4 is 5.46 Å². The van der Waals surface area contributed by atoms with E-state index in [-0.39, 0.29) is 0 Å². The van der Waals surface area contributed by atoms with E-state index in [2.05, 4.69) is 340 Å². The SMILES string of the molecule is CC(C)(O)C(C)(C)O.CC(C)(O)C(C)(C)O.CC1(C)OB(c2ccc3c(c2)C2(c4ccccc4-3)c3ccccc3C(c3ccccc3)(c3ccccc3)c3ccccc32)OC1(C)C.Clc1ccc2c(c1)C1(c3ccccc3-2)c2ccccc2C(c2ccccc2)(c2ccccc2)c2ccccc21.[B][B]. The summed E-state index contributed by atoms with van der Waals surface area (Å²) in [6, 6.07) is 112. The largest absolute Gasteiger partial charge is 0.494 e. The average molecular weight is 1380 g/mol. The van der Waals surface area contributed by atoms with Crippen molar-refractivity contribution < 1.29 is 29.7 Å². The van der Waals surface area contributed by atoms with E-state index in [0.29, 0.717) is 0 Å². The van der Waals surface area contributed by atoms with Crippen molar-refractivity contribution in [2.45, 2.75) is 138 Å². The number of aliphatic hydroxyl groups is 4. The van der Waals surface area contributed by atoms with E-state index in [1.807, 2.05) is 6.07 Å². The Labute approximate surface area is 623 Å². The van der Waals surface area contributed by atoms with Crippen molar-refractivity contribution in [3.63, 3.8) is 0 Å². The Morgan fingerprint density at radius 3 is 0.769 bits per heavy atom. The van der Waals surface area contributed by atoms with Gasteiger partial charge in [-0.3, -0.25) is 0 Å². The van der Waals surface area contributed by atoms with Gasteiger partial charge >= 0.3 is 7.12 Å². The molecule has 0 atom stereocenters. The first kappa shape index (κ1) is 73.2. The Bertz CT molecular complexity index is 4840. The van der Waals surface area contributed by atoms with E-state index in [1.165, 1.54) is 111 Å². The van der Waals surface area contributed by atoms with Crippen LogP contribution >= 0.6 is 11.6 Å². The first-order chi connectivity index (χ1) is 49.6. The minimum absolute atomic E-state index is 0.424. The van der Waals surface area contributed by atoms with Gasteiger partial charge in [0, 0.05) is 20.5 Å². The first-order valence-corrected chi connectivity index (χ1v) is 36.3. The summed E-state index contributed by atoms with van der Waals surface area (Å²) < 4.78 is 13.3. The van der Waals surface area contributed by atoms with E-state index in [0.717, 1.165) is 10.5 Å². The Hall–Kier alpha value is -9.12. The Balaban J connectivity index is 0.000000151. The monoisotopic (exact) mass is 1380 g/mol. The summed E-state index contributed by atoms with van der Waals surface area (Å²) in [4.78, 5) is 0. The molecule has 12 aromatic rings. The van der Waals surface area contributed by atoms with Gasteiger partial charge in [0.2, 0.25) is 0 Å². The molecule has 5 aliphatic rings. The van der Waals surface area contributed by atoms with Crippen LogP contribution in [0.4, 0.5) is 0 Å². The van der Waals surface area contributed by atoms with Gasteiger partial charge in [0.15, 0.2) is 0 Å². The molecule has 4 N–H and O–H groups in total. The first-order valence-electron chi connectivity index (χ1n) is 35.9. The molecule has 1 aliphatic heterocycles. The van der Waals surface area contributed by atoms with Crippen molar-refractivity contribution in [3.8, 4) is 22.3 Å². The number of hydrogen-bond donors (Lipinski definition) is 4. The molecule has 10 heteroatoms. The van der Waals surface area contributed by atoms with Gasteiger partial charge < -0.3 is 29.7 Å². The fraction of sp³-hybridized carbons (Fsp3) is 0.234. The zero-order valence-corrected chi connectivity index (χ0v) is 62.3. The van der Waals surface area contributed by atoms with Crippen LogP contribution in [0.25, 0.3) is 22.3 Å². The standard InChI is InChI=1S/C44H37BO2.C38H25Cl.2C6H14O2.B2/c1-41(2)42(3,4)47-45(46-41)32-27-28-34-33-21-11-12-22-35(33)44(40(34)29-32)38-25-15-13-23-36(38)43(30-17-7-5-8-18-30,31-19-9-6-10-20-31)37-24-14-16-26-39(37)44;39-28-23-24-30-29-17-7-8-18-31(29)38(36(30)25-28)34-21-11-9-19-32(34)37(26-13-3-1-4-14-26,27-15-5-2-6-16-27)33-20-10-12-22-35(33)38;2*1-5(2,7)6(3,4)8;1-2/h5-29H,1-4H3;1-25H;2*7-8H,1-4H3;. The maximum Gasteiger partial charge on any atom is 0.494 e. The summed E-state index contributed by atoms with van der Waals surface area (Å²) in [5.41, 5.74) is 19.9. The fourth-order valence-electron chi connectivity index (χ4n) is 16.3. The summed E-state index contributed by atoms with van der Waals surface area (Å²) in [5, 5.41) is 37.2. The Morgan fingerprint density at radius 1 is 0.269 bits per heavy atom. The third-order valence-corrected chi connectivity index (χ3v) is 23.6. The smallest absolute Gasteiger partial charge is 0.399 e. The molecule has 4 aliphatic carbocycles. The van der Waals surface area contributed by atoms with Gasteiger partial charge in [-0.05, 0) is 212 Å². The topological polar surface area (TPSA) is 99.4 Å². The third-order valence-electron chi connectivity index (χ3n) is 23.4. The third kappa shape index (κ3) is 11.6. The number of benzene rings is 12. The second kappa shape index (κ2) is 27.4. The van der Waals surface area contributed by atoms with Crippen molar-refractivity contribution in [1.82, 2.24) is 0 Å². The van der Waals surface area contributed by atoms with E-state index in [9.17, 15) is 0 Å². The van der Waals surface area contributed by atoms with Crippen LogP contribution in [0, 0.1) is 0 Å². The van der Waals surface area contributed by atoms with Crippen molar-refractivity contribution in [3.05, 3.63) is 397 Å². The summed E-state index contributed by atoms with van der Waals surface area (Å²) in [6.07, 6.45) is 0. The van der Waals surface area contributed by atoms with E-state index >= 15 is 0 Å². The second-order valence-electron chi connectivity index (χ2n) is 31.1. The molecule has 6 nitrogen and oxygen atoms in total. The van der Waals surface area contributed by atoms with Crippen LogP contribution in [0.5, 0.6) is 0 Å². The maximum atomic E-state index is 9.10. The van der Waals surface area contributed by atoms with E-state index in [4.69, 9.17) is 41.3 Å². The summed E-state index contributed by atoms with van der Waals surface area (Å²) in [7, 11) is 7.55. The van der Waals surface area contributed by atoms with Gasteiger partial charge in [0.05, 0.1) is 55.3 Å². The molecule has 518 valence electrons. The molecule has 12 aromatic carbocycles. The predicted molar refractivity (Wildman–Crippen MR) is 429 cm³/mol. The van der Waals surface area contributed by atoms with Gasteiger partial charge in [-0.15, -0.1) is 0 Å². The van der Waals surface area contributed by atoms with Crippen LogP contribution in [-0.4, -0.2) is 76.6 Å².